The highest BCUT2D eigenvalue weighted by Gasteiger charge is 2.17. The molecule has 1 aromatic carbocycles. The van der Waals surface area contributed by atoms with Crippen LogP contribution in [0.1, 0.15) is 24.2 Å². The highest BCUT2D eigenvalue weighted by molar-refractivity contribution is 5.82. The van der Waals surface area contributed by atoms with Crippen LogP contribution in [0.3, 0.4) is 0 Å². The van der Waals surface area contributed by atoms with Crippen LogP contribution in [-0.2, 0) is 13.2 Å². The number of aromatic amines is 1. The molecule has 0 saturated carbocycles. The zero-order valence-electron chi connectivity index (χ0n) is 13.8. The van der Waals surface area contributed by atoms with E-state index >= 15 is 0 Å². The number of urea groups is 1. The molecule has 1 saturated heterocycles. The lowest BCUT2D eigenvalue weighted by Crippen LogP contribution is -2.37. The molecule has 2 aromatic heterocycles. The third-order valence-electron chi connectivity index (χ3n) is 4.35. The van der Waals surface area contributed by atoms with E-state index < -0.39 is 0 Å². The zero-order chi connectivity index (χ0) is 17.1. The molecule has 7 nitrogen and oxygen atoms in total. The van der Waals surface area contributed by atoms with Crippen LogP contribution in [0.4, 0.5) is 4.79 Å². The summed E-state index contributed by atoms with van der Waals surface area (Å²) in [6.07, 6.45) is 3.71. The average Bonchev–Trinajstić information content (AvgIpc) is 3.38. The van der Waals surface area contributed by atoms with Crippen molar-refractivity contribution in [3.05, 3.63) is 48.0 Å². The molecular weight excluding hydrogens is 320 g/mol. The monoisotopic (exact) mass is 340 g/mol. The number of ether oxygens (including phenoxy) is 1. The van der Waals surface area contributed by atoms with E-state index in [1.165, 1.54) is 6.26 Å². The van der Waals surface area contributed by atoms with Gasteiger partial charge in [0.15, 0.2) is 0 Å². The number of fused-ring (bicyclic) bond motifs is 1. The summed E-state index contributed by atoms with van der Waals surface area (Å²) in [5, 5.41) is 7.87. The second-order valence-corrected chi connectivity index (χ2v) is 6.18. The molecule has 0 bridgehead atoms. The summed E-state index contributed by atoms with van der Waals surface area (Å²) in [4.78, 5) is 17.2. The predicted molar refractivity (Wildman–Crippen MR) is 92.2 cm³/mol. The van der Waals surface area contributed by atoms with E-state index in [2.05, 4.69) is 15.5 Å². The van der Waals surface area contributed by atoms with E-state index in [1.807, 2.05) is 29.2 Å². The van der Waals surface area contributed by atoms with Gasteiger partial charge in [-0.05, 0) is 36.4 Å². The van der Waals surface area contributed by atoms with Gasteiger partial charge in [0.1, 0.15) is 24.3 Å². The Morgan fingerprint density at radius 3 is 2.96 bits per heavy atom. The molecule has 3 aromatic rings. The molecule has 130 valence electrons. The van der Waals surface area contributed by atoms with Gasteiger partial charge in [-0.2, -0.15) is 0 Å². The third-order valence-corrected chi connectivity index (χ3v) is 4.35. The van der Waals surface area contributed by atoms with Crippen LogP contribution in [0, 0.1) is 0 Å². The fourth-order valence-corrected chi connectivity index (χ4v) is 3.02. The normalized spacial score (nSPS) is 14.2. The highest BCUT2D eigenvalue weighted by Crippen LogP contribution is 2.22. The second-order valence-electron chi connectivity index (χ2n) is 6.18. The molecule has 0 atom stereocenters. The van der Waals surface area contributed by atoms with Crippen molar-refractivity contribution in [2.45, 2.75) is 26.0 Å². The van der Waals surface area contributed by atoms with E-state index in [0.29, 0.717) is 13.2 Å². The van der Waals surface area contributed by atoms with Crippen LogP contribution in [0.25, 0.3) is 10.9 Å². The molecule has 1 aliphatic heterocycles. The van der Waals surface area contributed by atoms with Crippen molar-refractivity contribution in [3.63, 3.8) is 0 Å². The summed E-state index contributed by atoms with van der Waals surface area (Å²) in [6.45, 7) is 2.55. The Morgan fingerprint density at radius 2 is 2.16 bits per heavy atom. The van der Waals surface area contributed by atoms with Gasteiger partial charge in [0, 0.05) is 36.4 Å². The van der Waals surface area contributed by atoms with Gasteiger partial charge in [-0.25, -0.2) is 4.79 Å². The second kappa shape index (κ2) is 6.88. The topological polar surface area (TPSA) is 83.4 Å². The number of carbonyl (C=O) groups is 1. The maximum Gasteiger partial charge on any atom is 0.317 e. The zero-order valence-corrected chi connectivity index (χ0v) is 13.8. The Balaban J connectivity index is 1.38. The standard InChI is InChI=1S/C18H20N4O3/c23-18(22-6-1-2-7-22)19-11-15-9-13-3-4-16(10-17(13)20-15)24-12-14-5-8-25-21-14/h3-5,8-10,20H,1-2,6-7,11-12H2,(H,19,23). The van der Waals surface area contributed by atoms with Gasteiger partial charge >= 0.3 is 6.03 Å². The number of rotatable bonds is 5. The van der Waals surface area contributed by atoms with Crippen molar-refractivity contribution < 1.29 is 14.1 Å². The number of hydrogen-bond donors (Lipinski definition) is 2. The van der Waals surface area contributed by atoms with Gasteiger partial charge in [0.2, 0.25) is 0 Å². The number of nitrogens with zero attached hydrogens (tertiary/aromatic N) is 2. The lowest BCUT2D eigenvalue weighted by atomic mass is 10.2. The number of amides is 2. The van der Waals surface area contributed by atoms with Crippen molar-refractivity contribution in [1.82, 2.24) is 20.4 Å². The molecule has 0 spiro atoms. The number of likely N-dealkylation sites (tertiary alicyclic amines) is 1. The molecule has 7 heteroatoms. The fraction of sp³-hybridized carbons (Fsp3) is 0.333. The maximum absolute atomic E-state index is 12.1. The number of benzene rings is 1. The van der Waals surface area contributed by atoms with Crippen molar-refractivity contribution in [2.24, 2.45) is 0 Å². The molecule has 0 aliphatic carbocycles. The first-order chi connectivity index (χ1) is 12.3. The van der Waals surface area contributed by atoms with Crippen LogP contribution in [-0.4, -0.2) is 34.2 Å². The van der Waals surface area contributed by atoms with Gasteiger partial charge in [-0.15, -0.1) is 0 Å². The van der Waals surface area contributed by atoms with Gasteiger partial charge in [-0.3, -0.25) is 0 Å². The molecule has 4 rings (SSSR count). The van der Waals surface area contributed by atoms with Gasteiger partial charge < -0.3 is 24.5 Å². The summed E-state index contributed by atoms with van der Waals surface area (Å²) in [5.41, 5.74) is 2.69. The molecule has 1 aliphatic rings. The van der Waals surface area contributed by atoms with Crippen LogP contribution < -0.4 is 10.1 Å². The largest absolute Gasteiger partial charge is 0.487 e. The summed E-state index contributed by atoms with van der Waals surface area (Å²) >= 11 is 0. The van der Waals surface area contributed by atoms with Crippen molar-refractivity contribution in [2.75, 3.05) is 13.1 Å². The Morgan fingerprint density at radius 1 is 1.28 bits per heavy atom. The fourth-order valence-electron chi connectivity index (χ4n) is 3.02. The number of nitrogens with one attached hydrogen (secondary N) is 2. The third kappa shape index (κ3) is 3.60. The van der Waals surface area contributed by atoms with Crippen LogP contribution in [0.5, 0.6) is 5.75 Å². The maximum atomic E-state index is 12.1. The van der Waals surface area contributed by atoms with Crippen LogP contribution in [0.2, 0.25) is 0 Å². The minimum Gasteiger partial charge on any atom is -0.487 e. The predicted octanol–water partition coefficient (Wildman–Crippen LogP) is 3.04. The minimum atomic E-state index is 0.00721. The number of H-pyrrole nitrogens is 1. The van der Waals surface area contributed by atoms with Crippen LogP contribution >= 0.6 is 0 Å². The van der Waals surface area contributed by atoms with Crippen LogP contribution in [0.15, 0.2) is 41.1 Å². The lowest BCUT2D eigenvalue weighted by Gasteiger charge is -2.15. The minimum absolute atomic E-state index is 0.00721. The van der Waals surface area contributed by atoms with Gasteiger partial charge in [0.25, 0.3) is 0 Å². The van der Waals surface area contributed by atoms with Crippen molar-refractivity contribution in [1.29, 1.82) is 0 Å². The van der Waals surface area contributed by atoms with E-state index in [-0.39, 0.29) is 6.03 Å². The molecule has 2 amide bonds. The van der Waals surface area contributed by atoms with Gasteiger partial charge in [0.05, 0.1) is 6.54 Å². The SMILES string of the molecule is O=C(NCc1cc2ccc(OCc3ccon3)cc2[nH]1)N1CCCC1. The number of carbonyl (C=O) groups excluding carboxylic acids is 1. The first-order valence-electron chi connectivity index (χ1n) is 8.44. The number of hydrogen-bond acceptors (Lipinski definition) is 4. The summed E-state index contributed by atoms with van der Waals surface area (Å²) in [6, 6.07) is 9.68. The smallest absolute Gasteiger partial charge is 0.317 e. The van der Waals surface area contributed by atoms with E-state index in [4.69, 9.17) is 9.26 Å². The Kier molecular flexibility index (Phi) is 4.28. The Hall–Kier alpha value is -2.96. The molecule has 0 radical (unpaired) electrons. The number of aromatic nitrogens is 2. The highest BCUT2D eigenvalue weighted by atomic mass is 16.5. The van der Waals surface area contributed by atoms with E-state index in [0.717, 1.165) is 54.0 Å². The molecule has 3 heterocycles. The van der Waals surface area contributed by atoms with Crippen molar-refractivity contribution in [3.8, 4) is 5.75 Å². The van der Waals surface area contributed by atoms with Gasteiger partial charge in [-0.1, -0.05) is 5.16 Å². The molecule has 25 heavy (non-hydrogen) atoms. The summed E-state index contributed by atoms with van der Waals surface area (Å²) in [5.74, 6) is 0.755. The lowest BCUT2D eigenvalue weighted by molar-refractivity contribution is 0.208. The van der Waals surface area contributed by atoms with Crippen molar-refractivity contribution >= 4 is 16.9 Å². The molecule has 2 N–H and O–H groups in total. The Bertz CT molecular complexity index is 850. The first kappa shape index (κ1) is 15.6. The molecular formula is C18H20N4O3. The molecule has 1 fully saturated rings. The molecule has 0 unspecified atom stereocenters. The summed E-state index contributed by atoms with van der Waals surface area (Å²) in [7, 11) is 0. The Labute approximate surface area is 144 Å². The van der Waals surface area contributed by atoms with E-state index in [9.17, 15) is 4.79 Å². The summed E-state index contributed by atoms with van der Waals surface area (Å²) < 4.78 is 10.5. The average molecular weight is 340 g/mol. The first-order valence-corrected chi connectivity index (χ1v) is 8.44. The quantitative estimate of drug-likeness (QED) is 0.748. The van der Waals surface area contributed by atoms with E-state index in [1.54, 1.807) is 6.07 Å².